The Bertz CT molecular complexity index is 1190. The van der Waals surface area contributed by atoms with Crippen LogP contribution >= 0.6 is 11.8 Å². The van der Waals surface area contributed by atoms with Crippen LogP contribution in [0.3, 0.4) is 0 Å². The van der Waals surface area contributed by atoms with Crippen molar-refractivity contribution in [2.75, 3.05) is 0 Å². The predicted molar refractivity (Wildman–Crippen MR) is 116 cm³/mol. The summed E-state index contributed by atoms with van der Waals surface area (Å²) in [6.45, 7) is 10.8. The van der Waals surface area contributed by atoms with E-state index >= 15 is 0 Å². The molecule has 6 nitrogen and oxygen atoms in total. The summed E-state index contributed by atoms with van der Waals surface area (Å²) in [4.78, 5) is 45.5. The molecule has 7 heteroatoms. The molecule has 0 aliphatic rings. The van der Waals surface area contributed by atoms with Crippen molar-refractivity contribution < 1.29 is 9.59 Å². The maximum atomic E-state index is 13.1. The predicted octanol–water partition coefficient (Wildman–Crippen LogP) is 4.09. The first kappa shape index (κ1) is 20.8. The van der Waals surface area contributed by atoms with Gasteiger partial charge in [-0.2, -0.15) is 0 Å². The standard InChI is InChI=1S/C22H23N3O3S/c1-6-11-25-21(28)16-9-7-8-10-17(16)24-22(25)29-15(5)20(27)19-12(2)18(14(4)26)13(3)23-19/h6-10,15,23H,1,11H2,2-5H3/t15-/m0/s1. The highest BCUT2D eigenvalue weighted by molar-refractivity contribution is 8.00. The van der Waals surface area contributed by atoms with Gasteiger partial charge in [-0.05, 0) is 45.4 Å². The van der Waals surface area contributed by atoms with E-state index in [1.165, 1.54) is 23.3 Å². The summed E-state index contributed by atoms with van der Waals surface area (Å²) >= 11 is 1.22. The molecule has 0 fully saturated rings. The Morgan fingerprint density at radius 3 is 2.62 bits per heavy atom. The number of para-hydroxylation sites is 1. The van der Waals surface area contributed by atoms with Gasteiger partial charge in [0, 0.05) is 17.8 Å². The van der Waals surface area contributed by atoms with E-state index in [1.54, 1.807) is 45.0 Å². The van der Waals surface area contributed by atoms with Gasteiger partial charge in [0.2, 0.25) is 0 Å². The van der Waals surface area contributed by atoms with Gasteiger partial charge in [0.15, 0.2) is 16.7 Å². The fourth-order valence-corrected chi connectivity index (χ4v) is 4.44. The minimum atomic E-state index is -0.504. The first-order valence-electron chi connectivity index (χ1n) is 9.27. The van der Waals surface area contributed by atoms with Crippen molar-refractivity contribution in [1.82, 2.24) is 14.5 Å². The lowest BCUT2D eigenvalue weighted by Crippen LogP contribution is -2.24. The van der Waals surface area contributed by atoms with E-state index in [0.717, 1.165) is 0 Å². The van der Waals surface area contributed by atoms with Gasteiger partial charge in [-0.1, -0.05) is 30.0 Å². The number of fused-ring (bicyclic) bond motifs is 1. The third kappa shape index (κ3) is 3.82. The van der Waals surface area contributed by atoms with E-state index < -0.39 is 5.25 Å². The Morgan fingerprint density at radius 2 is 2.00 bits per heavy atom. The normalized spacial score (nSPS) is 12.1. The molecule has 150 valence electrons. The number of hydrogen-bond donors (Lipinski definition) is 1. The van der Waals surface area contributed by atoms with Crippen LogP contribution in [0.4, 0.5) is 0 Å². The second kappa shape index (κ2) is 8.21. The number of nitrogens with one attached hydrogen (secondary N) is 1. The van der Waals surface area contributed by atoms with Gasteiger partial charge in [0.1, 0.15) is 0 Å². The number of benzene rings is 1. The number of carbonyl (C=O) groups excluding carboxylic acids is 2. The van der Waals surface area contributed by atoms with Crippen molar-refractivity contribution >= 4 is 34.2 Å². The molecule has 0 aliphatic heterocycles. The Labute approximate surface area is 173 Å². The van der Waals surface area contributed by atoms with Gasteiger partial charge in [0.05, 0.1) is 21.8 Å². The van der Waals surface area contributed by atoms with Crippen molar-refractivity contribution in [2.24, 2.45) is 0 Å². The smallest absolute Gasteiger partial charge is 0.262 e. The monoisotopic (exact) mass is 409 g/mol. The lowest BCUT2D eigenvalue weighted by molar-refractivity contribution is 0.0988. The number of ketones is 2. The van der Waals surface area contributed by atoms with E-state index in [1.807, 2.05) is 6.07 Å². The number of aromatic amines is 1. The summed E-state index contributed by atoms with van der Waals surface area (Å²) in [5.41, 5.74) is 2.74. The molecule has 0 unspecified atom stereocenters. The molecule has 0 aliphatic carbocycles. The van der Waals surface area contributed by atoms with Gasteiger partial charge in [0.25, 0.3) is 5.56 Å². The highest BCUT2D eigenvalue weighted by atomic mass is 32.2. The molecule has 2 aromatic heterocycles. The van der Waals surface area contributed by atoms with E-state index in [4.69, 9.17) is 0 Å². The first-order chi connectivity index (χ1) is 13.8. The van der Waals surface area contributed by atoms with E-state index in [0.29, 0.717) is 45.1 Å². The number of H-pyrrole nitrogens is 1. The zero-order valence-electron chi connectivity index (χ0n) is 16.9. The third-order valence-electron chi connectivity index (χ3n) is 4.83. The molecule has 0 amide bonds. The van der Waals surface area contributed by atoms with Crippen LogP contribution in [0.25, 0.3) is 10.9 Å². The molecule has 0 saturated heterocycles. The summed E-state index contributed by atoms with van der Waals surface area (Å²) < 4.78 is 1.53. The molecule has 1 aromatic carbocycles. The minimum absolute atomic E-state index is 0.0772. The maximum absolute atomic E-state index is 13.1. The molecule has 1 N–H and O–H groups in total. The second-order valence-corrected chi connectivity index (χ2v) is 8.23. The highest BCUT2D eigenvalue weighted by Gasteiger charge is 2.25. The fraction of sp³-hybridized carbons (Fsp3) is 0.273. The third-order valence-corrected chi connectivity index (χ3v) is 5.92. The summed E-state index contributed by atoms with van der Waals surface area (Å²) in [5, 5.41) is 0.484. The lowest BCUT2D eigenvalue weighted by Gasteiger charge is -2.15. The Morgan fingerprint density at radius 1 is 1.31 bits per heavy atom. The zero-order chi connectivity index (χ0) is 21.3. The number of aryl methyl sites for hydroxylation is 1. The molecule has 29 heavy (non-hydrogen) atoms. The van der Waals surface area contributed by atoms with Crippen LogP contribution in [0.2, 0.25) is 0 Å². The Kier molecular flexibility index (Phi) is 5.88. The lowest BCUT2D eigenvalue weighted by atomic mass is 10.0. The molecule has 2 heterocycles. The van der Waals surface area contributed by atoms with Crippen molar-refractivity contribution in [3.63, 3.8) is 0 Å². The summed E-state index contributed by atoms with van der Waals surface area (Å²) in [7, 11) is 0. The van der Waals surface area contributed by atoms with Crippen molar-refractivity contribution in [3.05, 3.63) is 69.8 Å². The maximum Gasteiger partial charge on any atom is 0.262 e. The number of Topliss-reactive ketones (excluding diaryl/α,β-unsaturated/α-hetero) is 2. The number of carbonyl (C=O) groups is 2. The summed E-state index contributed by atoms with van der Waals surface area (Å²) in [6.07, 6.45) is 1.63. The van der Waals surface area contributed by atoms with Crippen LogP contribution in [-0.2, 0) is 6.54 Å². The number of nitrogens with zero attached hydrogens (tertiary/aromatic N) is 2. The number of hydrogen-bond acceptors (Lipinski definition) is 5. The minimum Gasteiger partial charge on any atom is -0.355 e. The number of rotatable bonds is 7. The summed E-state index contributed by atoms with van der Waals surface area (Å²) in [5.74, 6) is -0.220. The number of thioether (sulfide) groups is 1. The quantitative estimate of drug-likeness (QED) is 0.275. The average Bonchev–Trinajstić information content (AvgIpc) is 2.98. The Hall–Kier alpha value is -2.93. The SMILES string of the molecule is C=CCn1c(S[C@@H](C)C(=O)c2[nH]c(C)c(C(C)=O)c2C)nc2ccccc2c1=O. The van der Waals surface area contributed by atoms with Crippen LogP contribution in [0.5, 0.6) is 0 Å². The van der Waals surface area contributed by atoms with E-state index in [2.05, 4.69) is 16.5 Å². The molecule has 3 rings (SSSR count). The van der Waals surface area contributed by atoms with Crippen LogP contribution < -0.4 is 5.56 Å². The number of aromatic nitrogens is 3. The zero-order valence-corrected chi connectivity index (χ0v) is 17.7. The van der Waals surface area contributed by atoms with Crippen LogP contribution in [0.15, 0.2) is 46.9 Å². The fourth-order valence-electron chi connectivity index (χ4n) is 3.47. The molecule has 1 atom stereocenters. The number of allylic oxidation sites excluding steroid dienone is 1. The van der Waals surface area contributed by atoms with Gasteiger partial charge in [-0.3, -0.25) is 19.0 Å². The molecule has 0 bridgehead atoms. The molecule has 0 spiro atoms. The Balaban J connectivity index is 2.00. The van der Waals surface area contributed by atoms with Gasteiger partial charge < -0.3 is 4.98 Å². The van der Waals surface area contributed by atoms with Gasteiger partial charge in [-0.25, -0.2) is 4.98 Å². The molecular weight excluding hydrogens is 386 g/mol. The molecular formula is C22H23N3O3S. The largest absolute Gasteiger partial charge is 0.355 e. The van der Waals surface area contributed by atoms with Crippen LogP contribution in [0, 0.1) is 13.8 Å². The van der Waals surface area contributed by atoms with Gasteiger partial charge >= 0.3 is 0 Å². The topological polar surface area (TPSA) is 84.8 Å². The highest BCUT2D eigenvalue weighted by Crippen LogP contribution is 2.27. The average molecular weight is 410 g/mol. The van der Waals surface area contributed by atoms with Crippen molar-refractivity contribution in [3.8, 4) is 0 Å². The van der Waals surface area contributed by atoms with Crippen LogP contribution in [0.1, 0.15) is 46.0 Å². The summed E-state index contributed by atoms with van der Waals surface area (Å²) in [6, 6.07) is 7.14. The molecule has 0 saturated carbocycles. The van der Waals surface area contributed by atoms with Gasteiger partial charge in [-0.15, -0.1) is 6.58 Å². The van der Waals surface area contributed by atoms with Crippen molar-refractivity contribution in [1.29, 1.82) is 0 Å². The first-order valence-corrected chi connectivity index (χ1v) is 10.2. The van der Waals surface area contributed by atoms with Crippen molar-refractivity contribution in [2.45, 2.75) is 44.6 Å². The van der Waals surface area contributed by atoms with E-state index in [-0.39, 0.29) is 17.1 Å². The van der Waals surface area contributed by atoms with Crippen LogP contribution in [-0.4, -0.2) is 31.4 Å². The second-order valence-electron chi connectivity index (χ2n) is 6.92. The van der Waals surface area contributed by atoms with E-state index in [9.17, 15) is 14.4 Å². The molecule has 3 aromatic rings. The molecule has 0 radical (unpaired) electrons.